The van der Waals surface area contributed by atoms with Crippen molar-refractivity contribution in [1.82, 2.24) is 19.8 Å². The fourth-order valence-electron chi connectivity index (χ4n) is 4.73. The number of fused-ring (bicyclic) bond motifs is 1. The second-order valence-corrected chi connectivity index (χ2v) is 10.1. The third-order valence-electron chi connectivity index (χ3n) is 6.79. The van der Waals surface area contributed by atoms with Gasteiger partial charge in [0, 0.05) is 44.0 Å². The predicted molar refractivity (Wildman–Crippen MR) is 153 cm³/mol. The maximum atomic E-state index is 12.3. The number of carbonyl (C=O) groups excluding carboxylic acids is 1. The molecule has 1 aliphatic carbocycles. The number of hydrogen-bond acceptors (Lipinski definition) is 7. The number of carbonyl (C=O) groups is 1. The monoisotopic (exact) mass is 551 g/mol. The van der Waals surface area contributed by atoms with E-state index in [2.05, 4.69) is 15.2 Å². The first kappa shape index (κ1) is 26.5. The molecule has 0 bridgehead atoms. The van der Waals surface area contributed by atoms with E-state index < -0.39 is 18.1 Å². The van der Waals surface area contributed by atoms with E-state index >= 15 is 0 Å². The molecular formula is C28H30ClN5O3S. The number of piperazine rings is 1. The Morgan fingerprint density at radius 2 is 2.03 bits per heavy atom. The van der Waals surface area contributed by atoms with Crippen molar-refractivity contribution in [1.29, 1.82) is 0 Å². The second-order valence-electron chi connectivity index (χ2n) is 9.28. The van der Waals surface area contributed by atoms with Crippen LogP contribution < -0.4 is 15.8 Å². The smallest absolute Gasteiger partial charge is 0.250 e. The maximum absolute atomic E-state index is 12.3. The Bertz CT molecular complexity index is 1410. The Morgan fingerprint density at radius 1 is 1.24 bits per heavy atom. The number of hydrogen-bond donors (Lipinski definition) is 2. The molecule has 2 aromatic carbocycles. The molecule has 38 heavy (non-hydrogen) atoms. The number of nitrogens with one attached hydrogen (secondary N) is 1. The van der Waals surface area contributed by atoms with Crippen molar-refractivity contribution in [2.45, 2.75) is 19.1 Å². The summed E-state index contributed by atoms with van der Waals surface area (Å²) in [5.74, 6) is 0.00370. The van der Waals surface area contributed by atoms with E-state index in [9.17, 15) is 4.79 Å². The minimum Gasteiger partial charge on any atom is -0.491 e. The lowest BCUT2D eigenvalue weighted by molar-refractivity contribution is -0.114. The molecule has 1 fully saturated rings. The molecular weight excluding hydrogens is 522 g/mol. The molecule has 10 heteroatoms. The summed E-state index contributed by atoms with van der Waals surface area (Å²) in [7, 11) is 0. The quantitative estimate of drug-likeness (QED) is 0.391. The lowest BCUT2D eigenvalue weighted by Gasteiger charge is -2.27. The number of nitrogens with zero attached hydrogens (tertiary/aromatic N) is 3. The highest BCUT2D eigenvalue weighted by Crippen LogP contribution is 2.35. The van der Waals surface area contributed by atoms with Gasteiger partial charge in [-0.2, -0.15) is 0 Å². The number of halogens is 1. The van der Waals surface area contributed by atoms with Crippen LogP contribution in [0.3, 0.4) is 0 Å². The summed E-state index contributed by atoms with van der Waals surface area (Å²) in [6.45, 7) is 7.29. The van der Waals surface area contributed by atoms with Gasteiger partial charge in [-0.3, -0.25) is 14.3 Å². The number of rotatable bonds is 9. The van der Waals surface area contributed by atoms with E-state index in [1.807, 2.05) is 60.0 Å². The molecule has 5 rings (SSSR count). The van der Waals surface area contributed by atoms with Crippen molar-refractivity contribution in [3.8, 4) is 5.75 Å². The lowest BCUT2D eigenvalue weighted by Crippen LogP contribution is -2.44. The summed E-state index contributed by atoms with van der Waals surface area (Å²) >= 11 is 12.4. The van der Waals surface area contributed by atoms with Crippen molar-refractivity contribution in [2.24, 2.45) is 5.73 Å². The van der Waals surface area contributed by atoms with Crippen molar-refractivity contribution < 1.29 is 14.3 Å². The summed E-state index contributed by atoms with van der Waals surface area (Å²) < 4.78 is 14.3. The highest BCUT2D eigenvalue weighted by molar-refractivity contribution is 7.81. The van der Waals surface area contributed by atoms with Crippen molar-refractivity contribution in [3.63, 3.8) is 0 Å². The molecule has 1 saturated heterocycles. The third kappa shape index (κ3) is 5.67. The molecule has 0 saturated carbocycles. The van der Waals surface area contributed by atoms with E-state index in [0.717, 1.165) is 49.3 Å². The van der Waals surface area contributed by atoms with Gasteiger partial charge >= 0.3 is 0 Å². The lowest BCUT2D eigenvalue weighted by atomic mass is 9.98. The SMILES string of the molecule is C[C@@H](OC1C=C(n2cnc3ccccc32)C=C(C(N)=O)C1=S)c1cccc(OCCN2CCNCC2)c1Cl. The summed E-state index contributed by atoms with van der Waals surface area (Å²) in [5, 5.41) is 3.85. The van der Waals surface area contributed by atoms with Crippen molar-refractivity contribution in [2.75, 3.05) is 39.3 Å². The molecule has 2 aliphatic rings. The van der Waals surface area contributed by atoms with Crippen LogP contribution in [-0.4, -0.2) is 70.7 Å². The van der Waals surface area contributed by atoms with Crippen LogP contribution in [0.1, 0.15) is 18.6 Å². The Hall–Kier alpha value is -3.08. The van der Waals surface area contributed by atoms with Crippen LogP contribution in [-0.2, 0) is 9.53 Å². The minimum atomic E-state index is -0.669. The summed E-state index contributed by atoms with van der Waals surface area (Å²) in [6, 6.07) is 13.4. The van der Waals surface area contributed by atoms with Crippen LogP contribution in [0.4, 0.5) is 0 Å². The van der Waals surface area contributed by atoms with Gasteiger partial charge in [0.05, 0.1) is 32.6 Å². The molecule has 8 nitrogen and oxygen atoms in total. The van der Waals surface area contributed by atoms with E-state index in [4.69, 9.17) is 39.0 Å². The average Bonchev–Trinajstić information content (AvgIpc) is 3.35. The standard InChI is InChI=1S/C28H30ClN5O3S/c1-18(20-5-4-8-24(26(20)29)36-14-13-33-11-9-31-10-12-33)37-25-16-19(15-21(27(25)38)28(30)35)34-17-32-22-6-2-3-7-23(22)34/h2-8,15-18,25,31H,9-14H2,1H3,(H2,30,35)/t18-,25?/m1/s1. The van der Waals surface area contributed by atoms with Crippen LogP contribution in [0, 0.1) is 0 Å². The van der Waals surface area contributed by atoms with Gasteiger partial charge in [0.1, 0.15) is 24.8 Å². The van der Waals surface area contributed by atoms with Crippen molar-refractivity contribution >= 4 is 51.3 Å². The number of allylic oxidation sites excluding steroid dienone is 2. The number of amides is 1. The largest absolute Gasteiger partial charge is 0.491 e. The van der Waals surface area contributed by atoms with Gasteiger partial charge in [-0.15, -0.1) is 0 Å². The molecule has 2 heterocycles. The first-order chi connectivity index (χ1) is 18.4. The van der Waals surface area contributed by atoms with Gasteiger partial charge < -0.3 is 20.5 Å². The second kappa shape index (κ2) is 11.8. The van der Waals surface area contributed by atoms with Crippen LogP contribution in [0.5, 0.6) is 5.75 Å². The zero-order valence-corrected chi connectivity index (χ0v) is 22.7. The molecule has 0 spiro atoms. The zero-order valence-electron chi connectivity index (χ0n) is 21.1. The molecule has 3 N–H and O–H groups in total. The van der Waals surface area contributed by atoms with Gasteiger partial charge in [0.25, 0.3) is 0 Å². The third-order valence-corrected chi connectivity index (χ3v) is 7.65. The van der Waals surface area contributed by atoms with Crippen molar-refractivity contribution in [3.05, 3.63) is 77.1 Å². The number of benzene rings is 2. The fourth-order valence-corrected chi connectivity index (χ4v) is 5.34. The molecule has 2 atom stereocenters. The maximum Gasteiger partial charge on any atom is 0.250 e. The molecule has 1 amide bonds. The topological polar surface area (TPSA) is 94.6 Å². The predicted octanol–water partition coefficient (Wildman–Crippen LogP) is 3.76. The Kier molecular flexibility index (Phi) is 8.21. The normalized spacial score (nSPS) is 19.2. The molecule has 0 radical (unpaired) electrons. The fraction of sp³-hybridized carbons (Fsp3) is 0.321. The van der Waals surface area contributed by atoms with Crippen LogP contribution >= 0.6 is 23.8 Å². The zero-order chi connectivity index (χ0) is 26.6. The number of imidazole rings is 1. The van der Waals surface area contributed by atoms with E-state index in [1.165, 1.54) is 0 Å². The Morgan fingerprint density at radius 3 is 2.82 bits per heavy atom. The van der Waals surface area contributed by atoms with E-state index in [0.29, 0.717) is 27.9 Å². The van der Waals surface area contributed by atoms with Crippen LogP contribution in [0.15, 0.2) is 66.5 Å². The summed E-state index contributed by atoms with van der Waals surface area (Å²) in [4.78, 5) is 19.4. The highest BCUT2D eigenvalue weighted by atomic mass is 35.5. The number of para-hydroxylation sites is 2. The summed E-state index contributed by atoms with van der Waals surface area (Å²) in [6.07, 6.45) is 4.16. The van der Waals surface area contributed by atoms with Gasteiger partial charge in [0.15, 0.2) is 0 Å². The van der Waals surface area contributed by atoms with Gasteiger partial charge in [-0.05, 0) is 37.3 Å². The minimum absolute atomic E-state index is 0.239. The molecule has 1 aliphatic heterocycles. The molecule has 1 unspecified atom stereocenters. The summed E-state index contributed by atoms with van der Waals surface area (Å²) in [5.41, 5.74) is 9.13. The highest BCUT2D eigenvalue weighted by Gasteiger charge is 2.29. The van der Waals surface area contributed by atoms with Gasteiger partial charge in [0.2, 0.25) is 5.91 Å². The molecule has 1 aromatic heterocycles. The molecule has 3 aromatic rings. The molecule has 198 valence electrons. The first-order valence-corrected chi connectivity index (χ1v) is 13.4. The van der Waals surface area contributed by atoms with Crippen LogP contribution in [0.25, 0.3) is 16.7 Å². The Balaban J connectivity index is 1.34. The average molecular weight is 552 g/mol. The van der Waals surface area contributed by atoms with E-state index in [-0.39, 0.29) is 5.57 Å². The van der Waals surface area contributed by atoms with Gasteiger partial charge in [-0.1, -0.05) is 48.1 Å². The van der Waals surface area contributed by atoms with E-state index in [1.54, 1.807) is 12.4 Å². The number of primary amides is 1. The Labute approximate surface area is 232 Å². The number of ether oxygens (including phenoxy) is 2. The van der Waals surface area contributed by atoms with Crippen LogP contribution in [0.2, 0.25) is 5.02 Å². The number of thiocarbonyl (C=S) groups is 1. The van der Waals surface area contributed by atoms with Gasteiger partial charge in [-0.25, -0.2) is 4.98 Å². The number of aromatic nitrogens is 2. The number of nitrogens with two attached hydrogens (primary N) is 1. The first-order valence-electron chi connectivity index (χ1n) is 12.6.